The summed E-state index contributed by atoms with van der Waals surface area (Å²) in [6.45, 7) is 0. The van der Waals surface area contributed by atoms with Crippen LogP contribution in [-0.2, 0) is 24.1 Å². The number of thiazole rings is 1. The van der Waals surface area contributed by atoms with Crippen molar-refractivity contribution in [3.05, 3.63) is 64.7 Å². The molecule has 0 bridgehead atoms. The number of carboxylic acids is 1. The van der Waals surface area contributed by atoms with Gasteiger partial charge in [0.2, 0.25) is 0 Å². The molecule has 0 amide bonds. The maximum atomic E-state index is 10.8. The van der Waals surface area contributed by atoms with Crippen LogP contribution in [0, 0.1) is 0 Å². The number of hydrogen-bond acceptors (Lipinski definition) is 3. The zero-order valence-electron chi connectivity index (χ0n) is 11.5. The van der Waals surface area contributed by atoms with Crippen LogP contribution in [0.25, 0.3) is 10.2 Å². The largest absolute Gasteiger partial charge is 0.481 e. The van der Waals surface area contributed by atoms with Gasteiger partial charge in [-0.15, -0.1) is 11.3 Å². The van der Waals surface area contributed by atoms with Crippen molar-refractivity contribution in [1.82, 2.24) is 4.98 Å². The Balaban J connectivity index is 1.76. The zero-order valence-corrected chi connectivity index (χ0v) is 12.3. The summed E-state index contributed by atoms with van der Waals surface area (Å²) in [6, 6.07) is 16.1. The fraction of sp³-hybridized carbons (Fsp3) is 0.176. The molecule has 21 heavy (non-hydrogen) atoms. The smallest absolute Gasteiger partial charge is 0.307 e. The highest BCUT2D eigenvalue weighted by Gasteiger charge is 2.07. The lowest BCUT2D eigenvalue weighted by Gasteiger charge is -1.97. The molecule has 3 aromatic rings. The predicted molar refractivity (Wildman–Crippen MR) is 84.8 cm³/mol. The van der Waals surface area contributed by atoms with Gasteiger partial charge in [0.05, 0.1) is 21.6 Å². The van der Waals surface area contributed by atoms with Gasteiger partial charge in [-0.2, -0.15) is 0 Å². The van der Waals surface area contributed by atoms with Gasteiger partial charge in [-0.25, -0.2) is 4.98 Å². The lowest BCUT2D eigenvalue weighted by molar-refractivity contribution is -0.136. The van der Waals surface area contributed by atoms with Gasteiger partial charge in [0.1, 0.15) is 0 Å². The average molecular weight is 297 g/mol. The molecule has 0 aliphatic heterocycles. The van der Waals surface area contributed by atoms with Crippen LogP contribution >= 0.6 is 11.3 Å². The van der Waals surface area contributed by atoms with E-state index in [1.807, 2.05) is 36.4 Å². The minimum absolute atomic E-state index is 0.0484. The third kappa shape index (κ3) is 3.47. The number of hydrogen-bond donors (Lipinski definition) is 1. The molecule has 0 aliphatic rings. The van der Waals surface area contributed by atoms with Crippen molar-refractivity contribution in [2.75, 3.05) is 0 Å². The Bertz CT molecular complexity index is 765. The van der Waals surface area contributed by atoms with E-state index in [1.165, 1.54) is 5.56 Å². The second-order valence-electron chi connectivity index (χ2n) is 4.97. The molecule has 0 aliphatic carbocycles. The minimum atomic E-state index is -0.811. The molecule has 2 aromatic carbocycles. The van der Waals surface area contributed by atoms with Crippen LogP contribution in [0.3, 0.4) is 0 Å². The van der Waals surface area contributed by atoms with Gasteiger partial charge in [-0.3, -0.25) is 4.79 Å². The molecule has 1 aromatic heterocycles. The average Bonchev–Trinajstić information content (AvgIpc) is 2.88. The molecule has 3 nitrogen and oxygen atoms in total. The Morgan fingerprint density at radius 3 is 2.62 bits per heavy atom. The third-order valence-electron chi connectivity index (χ3n) is 3.32. The van der Waals surface area contributed by atoms with Gasteiger partial charge < -0.3 is 5.11 Å². The van der Waals surface area contributed by atoms with Crippen LogP contribution in [0.5, 0.6) is 0 Å². The summed E-state index contributed by atoms with van der Waals surface area (Å²) in [5, 5.41) is 9.94. The van der Waals surface area contributed by atoms with E-state index in [9.17, 15) is 4.79 Å². The van der Waals surface area contributed by atoms with Crippen molar-refractivity contribution in [1.29, 1.82) is 0 Å². The van der Waals surface area contributed by atoms with Crippen LogP contribution in [0.2, 0.25) is 0 Å². The highest BCUT2D eigenvalue weighted by molar-refractivity contribution is 7.18. The number of nitrogens with zero attached hydrogens (tertiary/aromatic N) is 1. The second kappa shape index (κ2) is 6.06. The van der Waals surface area contributed by atoms with Crippen molar-refractivity contribution in [2.24, 2.45) is 0 Å². The summed E-state index contributed by atoms with van der Waals surface area (Å²) in [4.78, 5) is 15.4. The van der Waals surface area contributed by atoms with Crippen molar-refractivity contribution in [3.63, 3.8) is 0 Å². The fourth-order valence-corrected chi connectivity index (χ4v) is 3.26. The Labute approximate surface area is 126 Å². The Morgan fingerprint density at radius 2 is 1.86 bits per heavy atom. The maximum Gasteiger partial charge on any atom is 0.307 e. The van der Waals surface area contributed by atoms with Gasteiger partial charge in [-0.05, 0) is 29.7 Å². The summed E-state index contributed by atoms with van der Waals surface area (Å²) in [7, 11) is 0. The van der Waals surface area contributed by atoms with Crippen molar-refractivity contribution < 1.29 is 9.90 Å². The van der Waals surface area contributed by atoms with Crippen LogP contribution in [-0.4, -0.2) is 16.1 Å². The quantitative estimate of drug-likeness (QED) is 0.781. The molecule has 0 radical (unpaired) electrons. The Morgan fingerprint density at radius 1 is 1.05 bits per heavy atom. The van der Waals surface area contributed by atoms with Crippen LogP contribution in [0.4, 0.5) is 0 Å². The first kappa shape index (κ1) is 13.8. The first-order valence-electron chi connectivity index (χ1n) is 6.85. The van der Waals surface area contributed by atoms with Gasteiger partial charge in [0, 0.05) is 6.42 Å². The van der Waals surface area contributed by atoms with Gasteiger partial charge in [0.15, 0.2) is 0 Å². The molecule has 0 saturated carbocycles. The standard InChI is InChI=1S/C17H15NO2S/c19-17(20)11-13-6-8-15-14(10-13)18-16(21-15)9-7-12-4-2-1-3-5-12/h1-6,8,10H,7,9,11H2,(H,19,20). The summed E-state index contributed by atoms with van der Waals surface area (Å²) in [5.74, 6) is -0.811. The summed E-state index contributed by atoms with van der Waals surface area (Å²) in [6.07, 6.45) is 1.94. The number of carboxylic acid groups (broad SMARTS) is 1. The second-order valence-corrected chi connectivity index (χ2v) is 6.08. The van der Waals surface area contributed by atoms with Gasteiger partial charge in [0.25, 0.3) is 0 Å². The number of rotatable bonds is 5. The van der Waals surface area contributed by atoms with Gasteiger partial charge in [-0.1, -0.05) is 36.4 Å². The number of benzene rings is 2. The molecule has 0 unspecified atom stereocenters. The Hall–Kier alpha value is -2.20. The van der Waals surface area contributed by atoms with Gasteiger partial charge >= 0.3 is 5.97 Å². The van der Waals surface area contributed by atoms with Crippen molar-refractivity contribution in [3.8, 4) is 0 Å². The van der Waals surface area contributed by atoms with E-state index >= 15 is 0 Å². The molecule has 3 rings (SSSR count). The van der Waals surface area contributed by atoms with Crippen LogP contribution < -0.4 is 0 Å². The number of aryl methyl sites for hydroxylation is 2. The van der Waals surface area contributed by atoms with E-state index in [0.717, 1.165) is 33.6 Å². The minimum Gasteiger partial charge on any atom is -0.481 e. The summed E-state index contributed by atoms with van der Waals surface area (Å²) < 4.78 is 1.12. The molecule has 0 saturated heterocycles. The van der Waals surface area contributed by atoms with E-state index in [4.69, 9.17) is 5.11 Å². The lowest BCUT2D eigenvalue weighted by atomic mass is 10.1. The number of carbonyl (C=O) groups is 1. The molecule has 106 valence electrons. The molecular formula is C17H15NO2S. The first-order valence-corrected chi connectivity index (χ1v) is 7.66. The highest BCUT2D eigenvalue weighted by atomic mass is 32.1. The van der Waals surface area contributed by atoms with E-state index in [2.05, 4.69) is 17.1 Å². The fourth-order valence-electron chi connectivity index (χ4n) is 2.31. The van der Waals surface area contributed by atoms with Crippen molar-refractivity contribution >= 4 is 27.5 Å². The van der Waals surface area contributed by atoms with E-state index < -0.39 is 5.97 Å². The Kier molecular flexibility index (Phi) is 3.97. The molecule has 0 fully saturated rings. The molecular weight excluding hydrogens is 282 g/mol. The van der Waals surface area contributed by atoms with E-state index in [-0.39, 0.29) is 6.42 Å². The predicted octanol–water partition coefficient (Wildman–Crippen LogP) is 3.71. The molecule has 0 spiro atoms. The molecule has 0 atom stereocenters. The maximum absolute atomic E-state index is 10.8. The zero-order chi connectivity index (χ0) is 14.7. The van der Waals surface area contributed by atoms with E-state index in [0.29, 0.717) is 0 Å². The topological polar surface area (TPSA) is 50.2 Å². The van der Waals surface area contributed by atoms with E-state index in [1.54, 1.807) is 11.3 Å². The SMILES string of the molecule is O=C(O)Cc1ccc2sc(CCc3ccccc3)nc2c1. The monoisotopic (exact) mass is 297 g/mol. The highest BCUT2D eigenvalue weighted by Crippen LogP contribution is 2.24. The van der Waals surface area contributed by atoms with Crippen LogP contribution in [0.15, 0.2) is 48.5 Å². The molecule has 4 heteroatoms. The third-order valence-corrected chi connectivity index (χ3v) is 4.42. The normalized spacial score (nSPS) is 10.9. The number of aliphatic carboxylic acids is 1. The molecule has 1 heterocycles. The summed E-state index contributed by atoms with van der Waals surface area (Å²) in [5.41, 5.74) is 3.01. The number of fused-ring (bicyclic) bond motifs is 1. The number of aromatic nitrogens is 1. The molecule has 1 N–H and O–H groups in total. The summed E-state index contributed by atoms with van der Waals surface area (Å²) >= 11 is 1.69. The van der Waals surface area contributed by atoms with Crippen molar-refractivity contribution in [2.45, 2.75) is 19.3 Å². The lowest BCUT2D eigenvalue weighted by Crippen LogP contribution is -1.99. The van der Waals surface area contributed by atoms with Crippen LogP contribution in [0.1, 0.15) is 16.1 Å². The first-order chi connectivity index (χ1) is 10.2.